The molecule has 1 atom stereocenters. The zero-order valence-electron chi connectivity index (χ0n) is 7.47. The fourth-order valence-corrected chi connectivity index (χ4v) is 1.16. The fraction of sp³-hybridized carbons (Fsp3) is 0.444. The quantitative estimate of drug-likeness (QED) is 0.692. The number of hydrogen-bond acceptors (Lipinski definition) is 2. The number of rotatable bonds is 2. The van der Waals surface area contributed by atoms with Gasteiger partial charge in [-0.05, 0) is 18.6 Å². The SMILES string of the molecule is COC1=CCC(C(=O)C(F)(F)F)C=C1. The Morgan fingerprint density at radius 1 is 1.57 bits per heavy atom. The number of ketones is 1. The maximum Gasteiger partial charge on any atom is 0.450 e. The Morgan fingerprint density at radius 3 is 2.57 bits per heavy atom. The lowest BCUT2D eigenvalue weighted by molar-refractivity contribution is -0.174. The summed E-state index contributed by atoms with van der Waals surface area (Å²) in [5.74, 6) is -2.33. The Labute approximate surface area is 79.0 Å². The third-order valence-electron chi connectivity index (χ3n) is 1.92. The minimum atomic E-state index is -4.76. The van der Waals surface area contributed by atoms with Gasteiger partial charge in [0.2, 0.25) is 5.78 Å². The highest BCUT2D eigenvalue weighted by Gasteiger charge is 2.42. The summed E-state index contributed by atoms with van der Waals surface area (Å²) in [5.41, 5.74) is 0. The van der Waals surface area contributed by atoms with Crippen LogP contribution in [0.2, 0.25) is 0 Å². The Kier molecular flexibility index (Phi) is 2.98. The van der Waals surface area contributed by atoms with Crippen molar-refractivity contribution in [1.82, 2.24) is 0 Å². The largest absolute Gasteiger partial charge is 0.497 e. The molecule has 0 aromatic heterocycles. The minimum Gasteiger partial charge on any atom is -0.497 e. The number of carbonyl (C=O) groups excluding carboxylic acids is 1. The van der Waals surface area contributed by atoms with Gasteiger partial charge in [-0.1, -0.05) is 6.08 Å². The molecule has 1 unspecified atom stereocenters. The van der Waals surface area contributed by atoms with Crippen LogP contribution in [0, 0.1) is 5.92 Å². The number of allylic oxidation sites excluding steroid dienone is 3. The Hall–Kier alpha value is -1.26. The molecule has 78 valence electrons. The van der Waals surface area contributed by atoms with E-state index in [9.17, 15) is 18.0 Å². The zero-order chi connectivity index (χ0) is 10.8. The van der Waals surface area contributed by atoms with Crippen molar-refractivity contribution in [2.45, 2.75) is 12.6 Å². The van der Waals surface area contributed by atoms with E-state index in [2.05, 4.69) is 0 Å². The van der Waals surface area contributed by atoms with Crippen LogP contribution in [0.1, 0.15) is 6.42 Å². The van der Waals surface area contributed by atoms with Crippen molar-refractivity contribution in [3.05, 3.63) is 24.0 Å². The molecule has 0 saturated heterocycles. The molecule has 0 spiro atoms. The predicted molar refractivity (Wildman–Crippen MR) is 43.4 cm³/mol. The average molecular weight is 206 g/mol. The van der Waals surface area contributed by atoms with Crippen LogP contribution in [-0.2, 0) is 9.53 Å². The van der Waals surface area contributed by atoms with E-state index < -0.39 is 17.9 Å². The molecule has 1 aliphatic carbocycles. The van der Waals surface area contributed by atoms with E-state index in [0.29, 0.717) is 5.76 Å². The van der Waals surface area contributed by atoms with Crippen molar-refractivity contribution in [3.8, 4) is 0 Å². The van der Waals surface area contributed by atoms with Gasteiger partial charge >= 0.3 is 6.18 Å². The zero-order valence-corrected chi connectivity index (χ0v) is 7.47. The van der Waals surface area contributed by atoms with Crippen molar-refractivity contribution < 1.29 is 22.7 Å². The van der Waals surface area contributed by atoms with Gasteiger partial charge in [0, 0.05) is 5.92 Å². The van der Waals surface area contributed by atoms with Crippen LogP contribution in [0.5, 0.6) is 0 Å². The second kappa shape index (κ2) is 3.86. The summed E-state index contributed by atoms with van der Waals surface area (Å²) in [7, 11) is 1.42. The molecule has 0 amide bonds. The second-order valence-corrected chi connectivity index (χ2v) is 2.87. The van der Waals surface area contributed by atoms with Crippen molar-refractivity contribution in [1.29, 1.82) is 0 Å². The number of ether oxygens (including phenoxy) is 1. The summed E-state index contributed by atoms with van der Waals surface area (Å²) in [5, 5.41) is 0. The van der Waals surface area contributed by atoms with Crippen LogP contribution in [0.4, 0.5) is 13.2 Å². The van der Waals surface area contributed by atoms with Crippen LogP contribution in [-0.4, -0.2) is 19.1 Å². The summed E-state index contributed by atoms with van der Waals surface area (Å²) in [4.78, 5) is 10.8. The first-order chi connectivity index (χ1) is 6.45. The third kappa shape index (κ3) is 2.37. The van der Waals surface area contributed by atoms with Crippen LogP contribution < -0.4 is 0 Å². The van der Waals surface area contributed by atoms with Gasteiger partial charge in [-0.2, -0.15) is 13.2 Å². The highest BCUT2D eigenvalue weighted by Crippen LogP contribution is 2.26. The van der Waals surface area contributed by atoms with Gasteiger partial charge in [0.15, 0.2) is 0 Å². The molecule has 1 rings (SSSR count). The molecule has 2 nitrogen and oxygen atoms in total. The fourth-order valence-electron chi connectivity index (χ4n) is 1.16. The van der Waals surface area contributed by atoms with E-state index in [1.165, 1.54) is 25.3 Å². The maximum absolute atomic E-state index is 12.0. The molecule has 5 heteroatoms. The molecular formula is C9H9F3O2. The summed E-state index contributed by atoms with van der Waals surface area (Å²) < 4.78 is 40.7. The molecule has 0 heterocycles. The van der Waals surface area contributed by atoms with Crippen molar-refractivity contribution in [3.63, 3.8) is 0 Å². The van der Waals surface area contributed by atoms with E-state index in [0.717, 1.165) is 0 Å². The van der Waals surface area contributed by atoms with Gasteiger partial charge < -0.3 is 4.74 Å². The molecule has 0 aromatic rings. The van der Waals surface area contributed by atoms with Gasteiger partial charge in [-0.3, -0.25) is 4.79 Å². The lowest BCUT2D eigenvalue weighted by atomic mass is 9.95. The Bertz CT molecular complexity index is 289. The lowest BCUT2D eigenvalue weighted by Gasteiger charge is -2.15. The molecule has 0 radical (unpaired) electrons. The van der Waals surface area contributed by atoms with E-state index in [1.54, 1.807) is 0 Å². The van der Waals surface area contributed by atoms with Crippen molar-refractivity contribution in [2.75, 3.05) is 7.11 Å². The highest BCUT2D eigenvalue weighted by molar-refractivity contribution is 5.88. The summed E-state index contributed by atoms with van der Waals surface area (Å²) >= 11 is 0. The summed E-state index contributed by atoms with van der Waals surface area (Å²) in [6.07, 6.45) is -0.661. The monoisotopic (exact) mass is 206 g/mol. The van der Waals surface area contributed by atoms with E-state index in [4.69, 9.17) is 4.74 Å². The minimum absolute atomic E-state index is 0.0397. The molecule has 0 aliphatic heterocycles. The molecule has 0 aromatic carbocycles. The second-order valence-electron chi connectivity index (χ2n) is 2.87. The van der Waals surface area contributed by atoms with Gasteiger partial charge in [0.25, 0.3) is 0 Å². The number of carbonyl (C=O) groups is 1. The molecule has 0 bridgehead atoms. The van der Waals surface area contributed by atoms with Crippen LogP contribution in [0.3, 0.4) is 0 Å². The molecule has 0 N–H and O–H groups in total. The molecule has 1 aliphatic rings. The third-order valence-corrected chi connectivity index (χ3v) is 1.92. The first-order valence-corrected chi connectivity index (χ1v) is 3.98. The van der Waals surface area contributed by atoms with Crippen LogP contribution in [0.15, 0.2) is 24.0 Å². The van der Waals surface area contributed by atoms with Crippen LogP contribution >= 0.6 is 0 Å². The van der Waals surface area contributed by atoms with Crippen LogP contribution in [0.25, 0.3) is 0 Å². The smallest absolute Gasteiger partial charge is 0.450 e. The van der Waals surface area contributed by atoms with Crippen molar-refractivity contribution >= 4 is 5.78 Å². The Morgan fingerprint density at radius 2 is 2.21 bits per heavy atom. The molecular weight excluding hydrogens is 197 g/mol. The van der Waals surface area contributed by atoms with Gasteiger partial charge in [0.05, 0.1) is 7.11 Å². The average Bonchev–Trinajstić information content (AvgIpc) is 2.15. The Balaban J connectivity index is 2.65. The number of methoxy groups -OCH3 is 1. The number of halogens is 3. The van der Waals surface area contributed by atoms with Gasteiger partial charge in [-0.15, -0.1) is 0 Å². The summed E-state index contributed by atoms with van der Waals surface area (Å²) in [6, 6.07) is 0. The van der Waals surface area contributed by atoms with Gasteiger partial charge in [-0.25, -0.2) is 0 Å². The van der Waals surface area contributed by atoms with Gasteiger partial charge in [0.1, 0.15) is 5.76 Å². The van der Waals surface area contributed by atoms with E-state index in [-0.39, 0.29) is 6.42 Å². The summed E-state index contributed by atoms with van der Waals surface area (Å²) in [6.45, 7) is 0. The maximum atomic E-state index is 12.0. The predicted octanol–water partition coefficient (Wildman–Crippen LogP) is 2.22. The lowest BCUT2D eigenvalue weighted by Crippen LogP contribution is -2.29. The molecule has 14 heavy (non-hydrogen) atoms. The first kappa shape index (κ1) is 10.8. The number of hydrogen-bond donors (Lipinski definition) is 0. The van der Waals surface area contributed by atoms with Crippen molar-refractivity contribution in [2.24, 2.45) is 5.92 Å². The highest BCUT2D eigenvalue weighted by atomic mass is 19.4. The van der Waals surface area contributed by atoms with E-state index >= 15 is 0 Å². The number of Topliss-reactive ketones (excluding diaryl/α,β-unsaturated/α-hetero) is 1. The van der Waals surface area contributed by atoms with E-state index in [1.807, 2.05) is 0 Å². The molecule has 0 saturated carbocycles. The first-order valence-electron chi connectivity index (χ1n) is 3.98. The molecule has 0 fully saturated rings. The topological polar surface area (TPSA) is 26.3 Å². The standard InChI is InChI=1S/C9H9F3O2/c1-14-7-4-2-6(3-5-7)8(13)9(10,11)12/h2,4-6H,3H2,1H3. The normalized spacial score (nSPS) is 21.7. The number of alkyl halides is 3.